The fourth-order valence-electron chi connectivity index (χ4n) is 3.32. The Morgan fingerprint density at radius 1 is 1.07 bits per heavy atom. The van der Waals surface area contributed by atoms with E-state index in [1.807, 2.05) is 44.2 Å². The van der Waals surface area contributed by atoms with Gasteiger partial charge in [0.25, 0.3) is 5.69 Å². The van der Waals surface area contributed by atoms with E-state index in [1.165, 1.54) is 0 Å². The van der Waals surface area contributed by atoms with Crippen molar-refractivity contribution in [2.45, 2.75) is 33.2 Å². The second kappa shape index (κ2) is 8.65. The number of dihydropyridines is 1. The van der Waals surface area contributed by atoms with Crippen LogP contribution in [0.3, 0.4) is 0 Å². The van der Waals surface area contributed by atoms with Crippen LogP contribution in [0.25, 0.3) is 0 Å². The second-order valence-corrected chi connectivity index (χ2v) is 6.83. The molecule has 2 aromatic rings. The zero-order chi connectivity index (χ0) is 20.1. The Morgan fingerprint density at radius 2 is 1.75 bits per heavy atom. The summed E-state index contributed by atoms with van der Waals surface area (Å²) in [5.41, 5.74) is 4.10. The van der Waals surface area contributed by atoms with Gasteiger partial charge in [-0.05, 0) is 26.3 Å². The molecule has 5 nitrogen and oxygen atoms in total. The molecular formula is C23H25N2O3+. The normalized spacial score (nSPS) is 14.0. The van der Waals surface area contributed by atoms with Crippen LogP contribution in [-0.4, -0.2) is 18.4 Å². The largest absolute Gasteiger partial charge is 0.458 e. The molecule has 0 bridgehead atoms. The first-order chi connectivity index (χ1) is 13.5. The lowest BCUT2D eigenvalue weighted by atomic mass is 9.95. The summed E-state index contributed by atoms with van der Waals surface area (Å²) >= 11 is 0. The maximum absolute atomic E-state index is 12.6. The predicted octanol–water partition coefficient (Wildman–Crippen LogP) is 3.53. The van der Waals surface area contributed by atoms with Crippen molar-refractivity contribution in [2.75, 3.05) is 6.61 Å². The minimum absolute atomic E-state index is 0.0581. The fraction of sp³-hybridized carbons (Fsp3) is 0.261. The highest BCUT2D eigenvalue weighted by atomic mass is 16.5. The molecule has 2 heterocycles. The van der Waals surface area contributed by atoms with Gasteiger partial charge in [-0.3, -0.25) is 4.79 Å². The molecule has 28 heavy (non-hydrogen) atoms. The zero-order valence-electron chi connectivity index (χ0n) is 16.4. The van der Waals surface area contributed by atoms with Crippen molar-refractivity contribution in [1.82, 2.24) is 5.32 Å². The van der Waals surface area contributed by atoms with E-state index < -0.39 is 5.97 Å². The van der Waals surface area contributed by atoms with Crippen LogP contribution in [0.4, 0.5) is 0 Å². The monoisotopic (exact) mass is 377 g/mol. The van der Waals surface area contributed by atoms with Crippen LogP contribution in [0.1, 0.15) is 53.1 Å². The number of hydrogen-bond donors (Lipinski definition) is 1. The van der Waals surface area contributed by atoms with Crippen LogP contribution in [0.15, 0.2) is 72.2 Å². The molecule has 5 heteroatoms. The Labute approximate surface area is 165 Å². The SMILES string of the molecule is CCOC(=O)c1cc(C2C=C(C)NC(C)=C2)cc[n+]1CC(=O)c1ccccc1. The van der Waals surface area contributed by atoms with Crippen LogP contribution in [0.5, 0.6) is 0 Å². The van der Waals surface area contributed by atoms with Crippen LogP contribution in [0.2, 0.25) is 0 Å². The van der Waals surface area contributed by atoms with E-state index >= 15 is 0 Å². The van der Waals surface area contributed by atoms with Gasteiger partial charge in [-0.1, -0.05) is 42.5 Å². The second-order valence-electron chi connectivity index (χ2n) is 6.83. The summed E-state index contributed by atoms with van der Waals surface area (Å²) in [5.74, 6) is -0.424. The van der Waals surface area contributed by atoms with Crippen LogP contribution < -0.4 is 9.88 Å². The highest BCUT2D eigenvalue weighted by Crippen LogP contribution is 2.24. The van der Waals surface area contributed by atoms with E-state index in [1.54, 1.807) is 29.8 Å². The highest BCUT2D eigenvalue weighted by Gasteiger charge is 2.25. The lowest BCUT2D eigenvalue weighted by Gasteiger charge is -2.19. The third kappa shape index (κ3) is 4.55. The van der Waals surface area contributed by atoms with Gasteiger partial charge in [0.2, 0.25) is 12.3 Å². The molecule has 3 rings (SSSR count). The molecule has 0 atom stereocenters. The van der Waals surface area contributed by atoms with Gasteiger partial charge in [0.05, 0.1) is 6.61 Å². The van der Waals surface area contributed by atoms with Gasteiger partial charge < -0.3 is 10.1 Å². The van der Waals surface area contributed by atoms with Gasteiger partial charge in [-0.2, -0.15) is 4.57 Å². The molecule has 1 aromatic carbocycles. The van der Waals surface area contributed by atoms with Crippen molar-refractivity contribution < 1.29 is 18.9 Å². The average Bonchev–Trinajstić information content (AvgIpc) is 2.68. The molecule has 0 amide bonds. The van der Waals surface area contributed by atoms with Gasteiger partial charge in [0, 0.05) is 35.0 Å². The maximum atomic E-state index is 12.6. The zero-order valence-corrected chi connectivity index (χ0v) is 16.4. The summed E-state index contributed by atoms with van der Waals surface area (Å²) < 4.78 is 6.88. The van der Waals surface area contributed by atoms with E-state index in [0.717, 1.165) is 17.0 Å². The molecule has 0 unspecified atom stereocenters. The number of benzene rings is 1. The molecule has 0 aliphatic carbocycles. The van der Waals surface area contributed by atoms with Crippen LogP contribution in [-0.2, 0) is 11.3 Å². The van der Waals surface area contributed by atoms with E-state index in [-0.39, 0.29) is 24.9 Å². The van der Waals surface area contributed by atoms with E-state index in [4.69, 9.17) is 4.74 Å². The van der Waals surface area contributed by atoms with E-state index in [0.29, 0.717) is 11.3 Å². The number of nitrogens with zero attached hydrogens (tertiary/aromatic N) is 1. The number of rotatable bonds is 6. The Balaban J connectivity index is 1.95. The summed E-state index contributed by atoms with van der Waals surface area (Å²) in [6.07, 6.45) is 6.00. The Kier molecular flexibility index (Phi) is 6.04. The number of ketones is 1. The molecule has 144 valence electrons. The molecule has 0 saturated heterocycles. The predicted molar refractivity (Wildman–Crippen MR) is 107 cm³/mol. The third-order valence-electron chi connectivity index (χ3n) is 4.59. The number of allylic oxidation sites excluding steroid dienone is 4. The van der Waals surface area contributed by atoms with Crippen molar-refractivity contribution in [2.24, 2.45) is 0 Å². The van der Waals surface area contributed by atoms with Crippen LogP contribution >= 0.6 is 0 Å². The topological polar surface area (TPSA) is 59.3 Å². The number of aromatic nitrogens is 1. The standard InChI is InChI=1S/C23H25N2O3/c1-4-28-23(27)21-14-19(20-12-16(2)24-17(3)13-20)10-11-25(21)15-22(26)18-8-6-5-7-9-18/h5-14,20,24H,4,15H2,1-3H3/q+1. The number of carbonyl (C=O) groups excluding carboxylic acids is 2. The van der Waals surface area contributed by atoms with Gasteiger partial charge >= 0.3 is 5.97 Å². The first-order valence-corrected chi connectivity index (χ1v) is 9.40. The summed E-state index contributed by atoms with van der Waals surface area (Å²) in [6, 6.07) is 12.8. The van der Waals surface area contributed by atoms with E-state index in [9.17, 15) is 9.59 Å². The first kappa shape index (κ1) is 19.5. The van der Waals surface area contributed by atoms with Gasteiger partial charge in [0.1, 0.15) is 0 Å². The average molecular weight is 377 g/mol. The number of pyridine rings is 1. The molecule has 1 aliphatic rings. The first-order valence-electron chi connectivity index (χ1n) is 9.40. The summed E-state index contributed by atoms with van der Waals surface area (Å²) in [7, 11) is 0. The smallest absolute Gasteiger partial charge is 0.403 e. The van der Waals surface area contributed by atoms with Crippen LogP contribution in [0, 0.1) is 0 Å². The van der Waals surface area contributed by atoms with Gasteiger partial charge in [-0.15, -0.1) is 0 Å². The third-order valence-corrected chi connectivity index (χ3v) is 4.59. The summed E-state index contributed by atoms with van der Waals surface area (Å²) in [6.45, 7) is 6.15. The minimum Gasteiger partial charge on any atom is -0.458 e. The molecule has 0 fully saturated rings. The number of ether oxygens (including phenoxy) is 1. The summed E-state index contributed by atoms with van der Waals surface area (Å²) in [5, 5.41) is 3.27. The van der Waals surface area contributed by atoms with Gasteiger partial charge in [-0.25, -0.2) is 4.79 Å². The molecule has 0 spiro atoms. The van der Waals surface area contributed by atoms with Crippen molar-refractivity contribution in [3.8, 4) is 0 Å². The number of carbonyl (C=O) groups is 2. The molecular weight excluding hydrogens is 352 g/mol. The maximum Gasteiger partial charge on any atom is 0.403 e. The Hall–Kier alpha value is -3.21. The lowest BCUT2D eigenvalue weighted by Crippen LogP contribution is -2.44. The molecule has 0 radical (unpaired) electrons. The van der Waals surface area contributed by atoms with Crippen molar-refractivity contribution in [1.29, 1.82) is 0 Å². The van der Waals surface area contributed by atoms with Crippen molar-refractivity contribution >= 4 is 11.8 Å². The molecule has 1 aliphatic heterocycles. The number of Topliss-reactive ketones (excluding diaryl/α,β-unsaturated/α-hetero) is 1. The fourth-order valence-corrected chi connectivity index (χ4v) is 3.32. The lowest BCUT2D eigenvalue weighted by molar-refractivity contribution is -0.685. The van der Waals surface area contributed by atoms with E-state index in [2.05, 4.69) is 17.5 Å². The number of hydrogen-bond acceptors (Lipinski definition) is 4. The molecule has 1 N–H and O–H groups in total. The molecule has 0 saturated carbocycles. The summed E-state index contributed by atoms with van der Waals surface area (Å²) in [4.78, 5) is 25.2. The highest BCUT2D eigenvalue weighted by molar-refractivity contribution is 5.95. The Bertz CT molecular complexity index is 928. The quantitative estimate of drug-likeness (QED) is 0.475. The number of nitrogens with one attached hydrogen (secondary N) is 1. The van der Waals surface area contributed by atoms with Crippen molar-refractivity contribution in [3.63, 3.8) is 0 Å². The number of esters is 1. The Morgan fingerprint density at radius 3 is 2.39 bits per heavy atom. The minimum atomic E-state index is -0.430. The molecule has 1 aromatic heterocycles. The van der Waals surface area contributed by atoms with Crippen molar-refractivity contribution in [3.05, 3.63) is 89.0 Å². The van der Waals surface area contributed by atoms with Gasteiger partial charge in [0.15, 0.2) is 6.20 Å².